The first-order valence-corrected chi connectivity index (χ1v) is 8.83. The normalized spacial score (nSPS) is 21.5. The minimum atomic E-state index is 0.377. The van der Waals surface area contributed by atoms with Crippen molar-refractivity contribution in [3.63, 3.8) is 0 Å². The van der Waals surface area contributed by atoms with E-state index in [1.807, 2.05) is 7.05 Å². The van der Waals surface area contributed by atoms with Crippen molar-refractivity contribution < 1.29 is 0 Å². The average Bonchev–Trinajstić information content (AvgIpc) is 2.46. The van der Waals surface area contributed by atoms with E-state index < -0.39 is 0 Å². The fourth-order valence-corrected chi connectivity index (χ4v) is 4.06. The number of nitrogens with one attached hydrogen (secondary N) is 1. The summed E-state index contributed by atoms with van der Waals surface area (Å²) in [5.41, 5.74) is 2.78. The molecule has 4 heteroatoms. The maximum absolute atomic E-state index is 3.59. The van der Waals surface area contributed by atoms with E-state index in [-0.39, 0.29) is 0 Å². The summed E-state index contributed by atoms with van der Waals surface area (Å²) in [6, 6.07) is 7.04. The lowest BCUT2D eigenvalue weighted by molar-refractivity contribution is 0.643. The molecule has 0 spiro atoms. The Labute approximate surface area is 129 Å². The molecule has 0 amide bonds. The average molecular weight is 343 g/mol. The van der Waals surface area contributed by atoms with Gasteiger partial charge in [-0.25, -0.2) is 0 Å². The SMILES string of the molecule is CCC1CN(c2ccc(Br)cc2C(C)NC)CCS1. The number of hydrogen-bond acceptors (Lipinski definition) is 3. The fraction of sp³-hybridized carbons (Fsp3) is 0.600. The molecule has 1 aliphatic rings. The number of halogens is 1. The molecular weight excluding hydrogens is 320 g/mol. The lowest BCUT2D eigenvalue weighted by atomic mass is 10.0. The Kier molecular flexibility index (Phi) is 5.60. The summed E-state index contributed by atoms with van der Waals surface area (Å²) in [5.74, 6) is 1.24. The summed E-state index contributed by atoms with van der Waals surface area (Å²) in [4.78, 5) is 2.56. The molecule has 0 aromatic heterocycles. The molecule has 0 saturated carbocycles. The monoisotopic (exact) mass is 342 g/mol. The quantitative estimate of drug-likeness (QED) is 0.888. The maximum atomic E-state index is 3.59. The van der Waals surface area contributed by atoms with Crippen LogP contribution in [0.2, 0.25) is 0 Å². The Balaban J connectivity index is 2.27. The van der Waals surface area contributed by atoms with Gasteiger partial charge in [0, 0.05) is 40.3 Å². The van der Waals surface area contributed by atoms with Gasteiger partial charge in [0.15, 0.2) is 0 Å². The summed E-state index contributed by atoms with van der Waals surface area (Å²) in [6.07, 6.45) is 1.26. The fourth-order valence-electron chi connectivity index (χ4n) is 2.50. The third-order valence-electron chi connectivity index (χ3n) is 3.82. The predicted octanol–water partition coefficient (Wildman–Crippen LogP) is 4.06. The third-order valence-corrected chi connectivity index (χ3v) is 5.69. The summed E-state index contributed by atoms with van der Waals surface area (Å²) < 4.78 is 1.16. The van der Waals surface area contributed by atoms with Crippen molar-refractivity contribution in [1.29, 1.82) is 0 Å². The Hall–Kier alpha value is -0.190. The van der Waals surface area contributed by atoms with Crippen molar-refractivity contribution in [2.45, 2.75) is 31.6 Å². The molecule has 1 aromatic rings. The van der Waals surface area contributed by atoms with Gasteiger partial charge in [-0.1, -0.05) is 22.9 Å². The standard InChI is InChI=1S/C15H23BrN2S/c1-4-13-10-18(7-8-19-13)15-6-5-12(16)9-14(15)11(2)17-3/h5-6,9,11,13,17H,4,7-8,10H2,1-3H3. The van der Waals surface area contributed by atoms with Crippen LogP contribution >= 0.6 is 27.7 Å². The highest BCUT2D eigenvalue weighted by Gasteiger charge is 2.22. The number of nitrogens with zero attached hydrogens (tertiary/aromatic N) is 1. The van der Waals surface area contributed by atoms with Crippen molar-refractivity contribution in [3.8, 4) is 0 Å². The molecular formula is C15H23BrN2S. The van der Waals surface area contributed by atoms with Gasteiger partial charge in [-0.15, -0.1) is 0 Å². The second kappa shape index (κ2) is 7.00. The summed E-state index contributed by atoms with van der Waals surface area (Å²) >= 11 is 5.71. The molecule has 1 saturated heterocycles. The number of rotatable bonds is 4. The molecule has 2 nitrogen and oxygen atoms in total. The molecule has 1 heterocycles. The van der Waals surface area contributed by atoms with E-state index in [2.05, 4.69) is 70.0 Å². The Morgan fingerprint density at radius 1 is 1.53 bits per heavy atom. The summed E-state index contributed by atoms with van der Waals surface area (Å²) in [6.45, 7) is 6.85. The van der Waals surface area contributed by atoms with Crippen molar-refractivity contribution in [3.05, 3.63) is 28.2 Å². The molecule has 106 valence electrons. The van der Waals surface area contributed by atoms with E-state index >= 15 is 0 Å². The summed E-state index contributed by atoms with van der Waals surface area (Å²) in [5, 5.41) is 4.13. The van der Waals surface area contributed by atoms with E-state index in [9.17, 15) is 0 Å². The van der Waals surface area contributed by atoms with E-state index in [0.717, 1.165) is 16.3 Å². The summed E-state index contributed by atoms with van der Waals surface area (Å²) in [7, 11) is 2.02. The third kappa shape index (κ3) is 3.67. The molecule has 0 bridgehead atoms. The van der Waals surface area contributed by atoms with Crippen molar-refractivity contribution in [1.82, 2.24) is 5.32 Å². The van der Waals surface area contributed by atoms with Gasteiger partial charge in [-0.3, -0.25) is 0 Å². The van der Waals surface area contributed by atoms with Crippen LogP contribution in [0.1, 0.15) is 31.9 Å². The van der Waals surface area contributed by atoms with Gasteiger partial charge in [0.05, 0.1) is 0 Å². The van der Waals surface area contributed by atoms with Gasteiger partial charge in [0.25, 0.3) is 0 Å². The minimum absolute atomic E-state index is 0.377. The van der Waals surface area contributed by atoms with Crippen LogP contribution in [0.3, 0.4) is 0 Å². The second-order valence-corrected chi connectivity index (χ2v) is 7.38. The van der Waals surface area contributed by atoms with Crippen LogP contribution in [0.15, 0.2) is 22.7 Å². The van der Waals surface area contributed by atoms with Crippen molar-refractivity contribution in [2.75, 3.05) is 30.8 Å². The zero-order valence-electron chi connectivity index (χ0n) is 11.9. The van der Waals surface area contributed by atoms with Gasteiger partial charge in [-0.05, 0) is 44.2 Å². The number of hydrogen-bond donors (Lipinski definition) is 1. The smallest absolute Gasteiger partial charge is 0.0416 e. The second-order valence-electron chi connectivity index (χ2n) is 5.06. The lowest BCUT2D eigenvalue weighted by Gasteiger charge is -2.35. The molecule has 19 heavy (non-hydrogen) atoms. The first-order chi connectivity index (χ1) is 9.15. The highest BCUT2D eigenvalue weighted by Crippen LogP contribution is 2.33. The molecule has 0 radical (unpaired) electrons. The van der Waals surface area contributed by atoms with Gasteiger partial charge < -0.3 is 10.2 Å². The lowest BCUT2D eigenvalue weighted by Crippen LogP contribution is -2.38. The molecule has 2 atom stereocenters. The van der Waals surface area contributed by atoms with E-state index in [1.54, 1.807) is 0 Å². The molecule has 2 unspecified atom stereocenters. The zero-order valence-corrected chi connectivity index (χ0v) is 14.4. The number of benzene rings is 1. The number of anilines is 1. The Morgan fingerprint density at radius 2 is 2.32 bits per heavy atom. The van der Waals surface area contributed by atoms with Crippen LogP contribution in [0, 0.1) is 0 Å². The van der Waals surface area contributed by atoms with Crippen LogP contribution in [0.4, 0.5) is 5.69 Å². The zero-order chi connectivity index (χ0) is 13.8. The minimum Gasteiger partial charge on any atom is -0.369 e. The van der Waals surface area contributed by atoms with Crippen LogP contribution in [0.5, 0.6) is 0 Å². The predicted molar refractivity (Wildman–Crippen MR) is 90.4 cm³/mol. The van der Waals surface area contributed by atoms with Gasteiger partial charge in [0.1, 0.15) is 0 Å². The maximum Gasteiger partial charge on any atom is 0.0416 e. The van der Waals surface area contributed by atoms with E-state index in [4.69, 9.17) is 0 Å². The van der Waals surface area contributed by atoms with Crippen molar-refractivity contribution in [2.24, 2.45) is 0 Å². The first kappa shape index (κ1) is 15.2. The highest BCUT2D eigenvalue weighted by atomic mass is 79.9. The highest BCUT2D eigenvalue weighted by molar-refractivity contribution is 9.10. The van der Waals surface area contributed by atoms with Gasteiger partial charge in [0.2, 0.25) is 0 Å². The number of thioether (sulfide) groups is 1. The largest absolute Gasteiger partial charge is 0.369 e. The van der Waals surface area contributed by atoms with E-state index in [0.29, 0.717) is 6.04 Å². The topological polar surface area (TPSA) is 15.3 Å². The Bertz CT molecular complexity index is 425. The molecule has 1 aliphatic heterocycles. The first-order valence-electron chi connectivity index (χ1n) is 6.99. The molecule has 0 aliphatic carbocycles. The molecule has 2 rings (SSSR count). The molecule has 1 N–H and O–H groups in total. The van der Waals surface area contributed by atoms with Crippen LogP contribution in [0.25, 0.3) is 0 Å². The van der Waals surface area contributed by atoms with Crippen molar-refractivity contribution >= 4 is 33.4 Å². The van der Waals surface area contributed by atoms with Crippen LogP contribution < -0.4 is 10.2 Å². The Morgan fingerprint density at radius 3 is 3.00 bits per heavy atom. The van der Waals surface area contributed by atoms with Gasteiger partial charge in [-0.2, -0.15) is 11.8 Å². The van der Waals surface area contributed by atoms with Gasteiger partial charge >= 0.3 is 0 Å². The molecule has 1 aromatic carbocycles. The van der Waals surface area contributed by atoms with Crippen LogP contribution in [-0.4, -0.2) is 31.1 Å². The van der Waals surface area contributed by atoms with Crippen LogP contribution in [-0.2, 0) is 0 Å². The van der Waals surface area contributed by atoms with E-state index in [1.165, 1.54) is 30.0 Å². The molecule has 1 fully saturated rings.